The van der Waals surface area contributed by atoms with Gasteiger partial charge in [0.1, 0.15) is 0 Å². The van der Waals surface area contributed by atoms with Crippen LogP contribution in [0.15, 0.2) is 60.7 Å². The first-order chi connectivity index (χ1) is 17.3. The van der Waals surface area contributed by atoms with Crippen LogP contribution in [-0.2, 0) is 17.8 Å². The van der Waals surface area contributed by atoms with Crippen LogP contribution in [0.25, 0.3) is 22.0 Å². The number of ether oxygens (including phenoxy) is 2. The van der Waals surface area contributed by atoms with Crippen LogP contribution >= 0.6 is 0 Å². The van der Waals surface area contributed by atoms with Crippen molar-refractivity contribution in [3.05, 3.63) is 77.6 Å². The number of aryl methyl sites for hydroxylation is 1. The minimum atomic E-state index is -2.48. The predicted molar refractivity (Wildman–Crippen MR) is 147 cm³/mol. The standard InChI is InChI=1S/C27H26FN2O2.3CH3.Sn/c1-2-20-15-26(32-18-19-8-4-3-5-9-19)24(28)16-23(20)21-11-12-22-17-29-30(25(22)14-21)27-10-6-7-13-31-27;;;;/h3-5,8-9,11-12,14-16,27H,2,6-7,10,13,18H2,1H3;3*1H3;. The molecule has 5 rings (SSSR count). The Labute approximate surface area is 217 Å². The number of aromatic nitrogens is 2. The number of halogens is 1. The summed E-state index contributed by atoms with van der Waals surface area (Å²) in [5, 5.41) is 6.36. The molecule has 0 amide bonds. The molecule has 0 spiro atoms. The Morgan fingerprint density at radius 2 is 1.86 bits per heavy atom. The van der Waals surface area contributed by atoms with Gasteiger partial charge < -0.3 is 0 Å². The van der Waals surface area contributed by atoms with E-state index in [4.69, 9.17) is 14.6 Å². The Balaban J connectivity index is 1.55. The van der Waals surface area contributed by atoms with Crippen molar-refractivity contribution in [2.75, 3.05) is 6.61 Å². The summed E-state index contributed by atoms with van der Waals surface area (Å²) in [6.45, 7) is 3.21. The van der Waals surface area contributed by atoms with E-state index >= 15 is 4.39 Å². The Morgan fingerprint density at radius 1 is 1.06 bits per heavy atom. The predicted octanol–water partition coefficient (Wildman–Crippen LogP) is 7.23. The van der Waals surface area contributed by atoms with Gasteiger partial charge in [-0.3, -0.25) is 0 Å². The van der Waals surface area contributed by atoms with Gasteiger partial charge in [0, 0.05) is 0 Å². The molecule has 0 bridgehead atoms. The second-order valence-electron chi connectivity index (χ2n) is 10.7. The van der Waals surface area contributed by atoms with Gasteiger partial charge in [-0.1, -0.05) is 30.3 Å². The van der Waals surface area contributed by atoms with Gasteiger partial charge in [0.15, 0.2) is 0 Å². The summed E-state index contributed by atoms with van der Waals surface area (Å²) in [5.41, 5.74) is 5.08. The molecule has 1 aliphatic rings. The number of rotatable bonds is 7. The molecule has 0 N–H and O–H groups in total. The maximum atomic E-state index is 15.2. The van der Waals surface area contributed by atoms with E-state index in [1.54, 1.807) is 6.07 Å². The SMILES string of the molecule is CCc1cc(OCc2ccccc2)c(F)cc1-c1ccc2[c]([Sn]([CH3])([CH3])[CH3])nn(C3CCCCO3)c2c1. The van der Waals surface area contributed by atoms with Gasteiger partial charge in [-0.05, 0) is 0 Å². The molecule has 6 heteroatoms. The van der Waals surface area contributed by atoms with Crippen molar-refractivity contribution in [1.82, 2.24) is 9.78 Å². The number of nitrogens with zero attached hydrogens (tertiary/aromatic N) is 2. The van der Waals surface area contributed by atoms with Crippen LogP contribution in [0, 0.1) is 5.82 Å². The van der Waals surface area contributed by atoms with Crippen molar-refractivity contribution in [3.8, 4) is 16.9 Å². The molecule has 1 saturated heterocycles. The van der Waals surface area contributed by atoms with Gasteiger partial charge in [-0.25, -0.2) is 0 Å². The summed E-state index contributed by atoms with van der Waals surface area (Å²) >= 11 is -2.48. The van der Waals surface area contributed by atoms with E-state index in [1.807, 2.05) is 36.4 Å². The first-order valence-electron chi connectivity index (χ1n) is 13.0. The van der Waals surface area contributed by atoms with Crippen LogP contribution in [0.4, 0.5) is 4.39 Å². The Morgan fingerprint density at radius 3 is 2.56 bits per heavy atom. The van der Waals surface area contributed by atoms with Crippen LogP contribution in [0.3, 0.4) is 0 Å². The fourth-order valence-corrected chi connectivity index (χ4v) is 9.07. The fraction of sp³-hybridized carbons (Fsp3) is 0.367. The normalized spacial score (nSPS) is 16.4. The van der Waals surface area contributed by atoms with E-state index in [-0.39, 0.29) is 12.0 Å². The van der Waals surface area contributed by atoms with Crippen molar-refractivity contribution < 1.29 is 13.9 Å². The second kappa shape index (κ2) is 10.5. The van der Waals surface area contributed by atoms with E-state index in [2.05, 4.69) is 44.6 Å². The molecule has 4 nitrogen and oxygen atoms in total. The molecule has 1 unspecified atom stereocenters. The van der Waals surface area contributed by atoms with E-state index in [1.165, 1.54) is 9.10 Å². The zero-order valence-electron chi connectivity index (χ0n) is 21.7. The minimum absolute atomic E-state index is 0.0324. The summed E-state index contributed by atoms with van der Waals surface area (Å²) in [4.78, 5) is 7.19. The van der Waals surface area contributed by atoms with Crippen molar-refractivity contribution >= 4 is 33.0 Å². The monoisotopic (exact) mass is 594 g/mol. The fourth-order valence-electron chi connectivity index (χ4n) is 5.00. The van der Waals surface area contributed by atoms with Crippen LogP contribution < -0.4 is 8.45 Å². The average Bonchev–Trinajstić information content (AvgIpc) is 3.28. The molecule has 4 aromatic rings. The van der Waals surface area contributed by atoms with Gasteiger partial charge in [0.25, 0.3) is 0 Å². The summed E-state index contributed by atoms with van der Waals surface area (Å²) in [6, 6.07) is 19.8. The molecule has 2 heterocycles. The number of hydrogen-bond acceptors (Lipinski definition) is 3. The van der Waals surface area contributed by atoms with Crippen LogP contribution in [0.1, 0.15) is 43.5 Å². The number of hydrogen-bond donors (Lipinski definition) is 0. The molecule has 3 aromatic carbocycles. The number of fused-ring (bicyclic) bond motifs is 1. The molecule has 188 valence electrons. The van der Waals surface area contributed by atoms with Gasteiger partial charge in [0.05, 0.1) is 0 Å². The van der Waals surface area contributed by atoms with Gasteiger partial charge in [-0.2, -0.15) is 0 Å². The van der Waals surface area contributed by atoms with E-state index in [9.17, 15) is 0 Å². The molecule has 0 aliphatic carbocycles. The Kier molecular flexibility index (Phi) is 7.40. The van der Waals surface area contributed by atoms with E-state index < -0.39 is 18.4 Å². The van der Waals surface area contributed by atoms with E-state index in [0.717, 1.165) is 60.1 Å². The zero-order chi connectivity index (χ0) is 25.3. The third-order valence-electron chi connectivity index (χ3n) is 6.93. The third kappa shape index (κ3) is 5.18. The molecular weight excluding hydrogens is 558 g/mol. The molecule has 0 radical (unpaired) electrons. The molecule has 0 saturated carbocycles. The molecule has 1 fully saturated rings. The summed E-state index contributed by atoms with van der Waals surface area (Å²) < 4.78 is 30.6. The molecule has 1 aliphatic heterocycles. The van der Waals surface area contributed by atoms with Crippen molar-refractivity contribution in [1.29, 1.82) is 0 Å². The van der Waals surface area contributed by atoms with Gasteiger partial charge >= 0.3 is 188 Å². The summed E-state index contributed by atoms with van der Waals surface area (Å²) in [6.07, 6.45) is 3.97. The van der Waals surface area contributed by atoms with Crippen molar-refractivity contribution in [2.45, 2.75) is 60.3 Å². The Hall–Kier alpha value is -2.38. The molecule has 1 aromatic heterocycles. The summed E-state index contributed by atoms with van der Waals surface area (Å²) in [7, 11) is 0. The van der Waals surface area contributed by atoms with Gasteiger partial charge in [-0.15, -0.1) is 0 Å². The second-order valence-corrected chi connectivity index (χ2v) is 24.9. The molecular formula is C30H35FN2O2Sn. The first kappa shape index (κ1) is 25.3. The van der Waals surface area contributed by atoms with Gasteiger partial charge in [0.2, 0.25) is 0 Å². The average molecular weight is 593 g/mol. The topological polar surface area (TPSA) is 36.3 Å². The molecule has 36 heavy (non-hydrogen) atoms. The maximum absolute atomic E-state index is 15.2. The van der Waals surface area contributed by atoms with Crippen LogP contribution in [0.5, 0.6) is 5.75 Å². The Bertz CT molecular complexity index is 1360. The van der Waals surface area contributed by atoms with Crippen LogP contribution in [-0.4, -0.2) is 34.8 Å². The molecule has 1 atom stereocenters. The van der Waals surface area contributed by atoms with Crippen LogP contribution in [0.2, 0.25) is 14.8 Å². The zero-order valence-corrected chi connectivity index (χ0v) is 24.5. The number of benzene rings is 3. The van der Waals surface area contributed by atoms with E-state index in [0.29, 0.717) is 12.4 Å². The van der Waals surface area contributed by atoms with Crippen molar-refractivity contribution in [3.63, 3.8) is 0 Å². The third-order valence-corrected chi connectivity index (χ3v) is 12.0. The quantitative estimate of drug-likeness (QED) is 0.212. The first-order valence-corrected chi connectivity index (χ1v) is 23.0. The van der Waals surface area contributed by atoms with Crippen molar-refractivity contribution in [2.24, 2.45) is 0 Å². The summed E-state index contributed by atoms with van der Waals surface area (Å²) in [5.74, 6) is -0.0424.